The third-order valence-corrected chi connectivity index (χ3v) is 5.43. The number of nitrogens with one attached hydrogen (secondary N) is 1. The number of H-pyrrole nitrogens is 1. The largest absolute Gasteiger partial charge is 0.358 e. The van der Waals surface area contributed by atoms with Gasteiger partial charge in [-0.25, -0.2) is 14.4 Å². The van der Waals surface area contributed by atoms with Gasteiger partial charge in [-0.05, 0) is 75.1 Å². The van der Waals surface area contributed by atoms with Crippen LogP contribution in [0.25, 0.3) is 10.9 Å². The average molecular weight is 417 g/mol. The highest BCUT2D eigenvalue weighted by Crippen LogP contribution is 2.25. The fraction of sp³-hybridized carbons (Fsp3) is 0.280. The van der Waals surface area contributed by atoms with E-state index in [1.165, 1.54) is 6.07 Å². The van der Waals surface area contributed by atoms with E-state index < -0.39 is 0 Å². The van der Waals surface area contributed by atoms with E-state index in [1.54, 1.807) is 24.5 Å². The summed E-state index contributed by atoms with van der Waals surface area (Å²) < 4.78 is 13.6. The predicted octanol–water partition coefficient (Wildman–Crippen LogP) is 5.21. The Kier molecular flexibility index (Phi) is 5.89. The Morgan fingerprint density at radius 3 is 2.58 bits per heavy atom. The normalized spacial score (nSPS) is 11.2. The topological polar surface area (TPSA) is 71.5 Å². The van der Waals surface area contributed by atoms with Crippen LogP contribution in [-0.2, 0) is 12.8 Å². The van der Waals surface area contributed by atoms with E-state index in [9.17, 15) is 9.18 Å². The third kappa shape index (κ3) is 4.85. The van der Waals surface area contributed by atoms with Crippen LogP contribution in [0, 0.1) is 26.6 Å². The number of fused-ring (bicyclic) bond motifs is 1. The van der Waals surface area contributed by atoms with Crippen molar-refractivity contribution in [3.05, 3.63) is 88.1 Å². The van der Waals surface area contributed by atoms with E-state index in [2.05, 4.69) is 19.9 Å². The average Bonchev–Trinajstić information content (AvgIpc) is 3.02. The number of Topliss-reactive ketones (excluding diaryl/α,β-unsaturated/α-hetero) is 1. The van der Waals surface area contributed by atoms with Gasteiger partial charge in [0.15, 0.2) is 5.78 Å². The van der Waals surface area contributed by atoms with Crippen molar-refractivity contribution in [3.8, 4) is 0 Å². The van der Waals surface area contributed by atoms with Gasteiger partial charge >= 0.3 is 0 Å². The van der Waals surface area contributed by atoms with Crippen LogP contribution < -0.4 is 0 Å². The second-order valence-electron chi connectivity index (χ2n) is 8.04. The van der Waals surface area contributed by atoms with Crippen molar-refractivity contribution in [3.63, 3.8) is 0 Å². The SMILES string of the molecule is Cc1cc(C)nc(Cc2ncc(C(=O)CCCc3c(C)[nH]c4ccc(F)cc34)cn2)c1. The van der Waals surface area contributed by atoms with Crippen LogP contribution in [0.1, 0.15) is 57.2 Å². The molecule has 31 heavy (non-hydrogen) atoms. The number of benzene rings is 1. The zero-order chi connectivity index (χ0) is 22.0. The van der Waals surface area contributed by atoms with Gasteiger partial charge in [-0.3, -0.25) is 9.78 Å². The molecule has 0 aliphatic carbocycles. The van der Waals surface area contributed by atoms with Crippen LogP contribution in [0.2, 0.25) is 0 Å². The van der Waals surface area contributed by atoms with Gasteiger partial charge in [0.2, 0.25) is 0 Å². The molecule has 0 fully saturated rings. The first kappa shape index (κ1) is 20.8. The molecule has 0 radical (unpaired) electrons. The summed E-state index contributed by atoms with van der Waals surface area (Å²) in [5, 5.41) is 0.887. The van der Waals surface area contributed by atoms with Gasteiger partial charge in [-0.15, -0.1) is 0 Å². The zero-order valence-electron chi connectivity index (χ0n) is 18.0. The number of hydrogen-bond donors (Lipinski definition) is 1. The summed E-state index contributed by atoms with van der Waals surface area (Å²) in [5.41, 5.74) is 6.55. The highest BCUT2D eigenvalue weighted by Gasteiger charge is 2.12. The molecule has 0 amide bonds. The maximum Gasteiger partial charge on any atom is 0.165 e. The maximum absolute atomic E-state index is 13.6. The Hall–Kier alpha value is -3.41. The van der Waals surface area contributed by atoms with E-state index in [0.29, 0.717) is 37.1 Å². The molecule has 4 aromatic rings. The van der Waals surface area contributed by atoms with E-state index >= 15 is 0 Å². The van der Waals surface area contributed by atoms with E-state index in [0.717, 1.165) is 39.1 Å². The molecule has 0 aliphatic heterocycles. The third-order valence-electron chi connectivity index (χ3n) is 5.43. The van der Waals surface area contributed by atoms with E-state index in [1.807, 2.05) is 32.9 Å². The smallest absolute Gasteiger partial charge is 0.165 e. The number of carbonyl (C=O) groups is 1. The lowest BCUT2D eigenvalue weighted by molar-refractivity contribution is 0.0979. The molecule has 158 valence electrons. The summed E-state index contributed by atoms with van der Waals surface area (Å²) in [6.07, 6.45) is 5.51. The Morgan fingerprint density at radius 1 is 1.06 bits per heavy atom. The van der Waals surface area contributed by atoms with Gasteiger partial charge < -0.3 is 4.98 Å². The Morgan fingerprint density at radius 2 is 1.84 bits per heavy atom. The molecule has 0 bridgehead atoms. The van der Waals surface area contributed by atoms with Crippen molar-refractivity contribution in [2.45, 2.75) is 46.5 Å². The standard InChI is InChI=1S/C25H25FN4O/c1-15-9-16(2)29-20(10-15)12-25-27-13-18(14-28-25)24(31)6-4-5-21-17(3)30-23-8-7-19(26)11-22(21)23/h7-11,13-14,30H,4-6,12H2,1-3H3. The van der Waals surface area contributed by atoms with Crippen molar-refractivity contribution >= 4 is 16.7 Å². The first-order chi connectivity index (χ1) is 14.9. The van der Waals surface area contributed by atoms with Crippen molar-refractivity contribution in [1.29, 1.82) is 0 Å². The molecule has 4 rings (SSSR count). The van der Waals surface area contributed by atoms with Crippen LogP contribution in [0.5, 0.6) is 0 Å². The summed E-state index contributed by atoms with van der Waals surface area (Å²) in [6, 6.07) is 8.80. The fourth-order valence-electron chi connectivity index (χ4n) is 4.01. The van der Waals surface area contributed by atoms with E-state index in [4.69, 9.17) is 0 Å². The van der Waals surface area contributed by atoms with Crippen LogP contribution in [0.4, 0.5) is 4.39 Å². The lowest BCUT2D eigenvalue weighted by Crippen LogP contribution is -2.05. The Balaban J connectivity index is 1.37. The van der Waals surface area contributed by atoms with Gasteiger partial charge in [0.25, 0.3) is 0 Å². The molecule has 3 heterocycles. The molecule has 3 aromatic heterocycles. The Bertz CT molecular complexity index is 1220. The van der Waals surface area contributed by atoms with Crippen LogP contribution in [0.3, 0.4) is 0 Å². The maximum atomic E-state index is 13.6. The molecule has 0 unspecified atom stereocenters. The fourth-order valence-corrected chi connectivity index (χ4v) is 4.01. The molecule has 1 aromatic carbocycles. The minimum Gasteiger partial charge on any atom is -0.358 e. The molecule has 5 nitrogen and oxygen atoms in total. The number of aromatic amines is 1. The van der Waals surface area contributed by atoms with Crippen molar-refractivity contribution in [2.75, 3.05) is 0 Å². The highest BCUT2D eigenvalue weighted by atomic mass is 19.1. The van der Waals surface area contributed by atoms with Crippen LogP contribution >= 0.6 is 0 Å². The molecule has 0 spiro atoms. The highest BCUT2D eigenvalue weighted by molar-refractivity contribution is 5.95. The molecule has 0 atom stereocenters. The molecular formula is C25H25FN4O. The minimum atomic E-state index is -0.253. The van der Waals surface area contributed by atoms with Crippen molar-refractivity contribution < 1.29 is 9.18 Å². The predicted molar refractivity (Wildman–Crippen MR) is 119 cm³/mol. The molecule has 0 saturated heterocycles. The number of hydrogen-bond acceptors (Lipinski definition) is 4. The van der Waals surface area contributed by atoms with Crippen LogP contribution in [0.15, 0.2) is 42.7 Å². The Labute approximate surface area is 180 Å². The number of nitrogens with zero attached hydrogens (tertiary/aromatic N) is 3. The summed E-state index contributed by atoms with van der Waals surface area (Å²) in [6.45, 7) is 5.98. The summed E-state index contributed by atoms with van der Waals surface area (Å²) >= 11 is 0. The number of pyridine rings is 1. The number of carbonyl (C=O) groups excluding carboxylic acids is 1. The summed E-state index contributed by atoms with van der Waals surface area (Å²) in [7, 11) is 0. The van der Waals surface area contributed by atoms with E-state index in [-0.39, 0.29) is 11.6 Å². The second kappa shape index (κ2) is 8.76. The monoisotopic (exact) mass is 416 g/mol. The van der Waals surface area contributed by atoms with Gasteiger partial charge in [0, 0.05) is 46.8 Å². The first-order valence-corrected chi connectivity index (χ1v) is 10.4. The first-order valence-electron chi connectivity index (χ1n) is 10.4. The molecular weight excluding hydrogens is 391 g/mol. The number of aryl methyl sites for hydroxylation is 4. The molecule has 6 heteroatoms. The summed E-state index contributed by atoms with van der Waals surface area (Å²) in [5.74, 6) is 0.405. The van der Waals surface area contributed by atoms with Gasteiger partial charge in [0.05, 0.1) is 12.0 Å². The van der Waals surface area contributed by atoms with Crippen molar-refractivity contribution in [1.82, 2.24) is 19.9 Å². The minimum absolute atomic E-state index is 0.0137. The molecule has 0 saturated carbocycles. The number of halogens is 1. The van der Waals surface area contributed by atoms with Gasteiger partial charge in [-0.1, -0.05) is 0 Å². The molecule has 1 N–H and O–H groups in total. The second-order valence-corrected chi connectivity index (χ2v) is 8.04. The number of ketones is 1. The van der Waals surface area contributed by atoms with Crippen LogP contribution in [-0.4, -0.2) is 25.7 Å². The molecule has 0 aliphatic rings. The van der Waals surface area contributed by atoms with Gasteiger partial charge in [-0.2, -0.15) is 0 Å². The number of rotatable bonds is 7. The quantitative estimate of drug-likeness (QED) is 0.420. The van der Waals surface area contributed by atoms with Gasteiger partial charge in [0.1, 0.15) is 11.6 Å². The lowest BCUT2D eigenvalue weighted by atomic mass is 10.0. The summed E-state index contributed by atoms with van der Waals surface area (Å²) in [4.78, 5) is 29.1. The zero-order valence-corrected chi connectivity index (χ0v) is 18.0. The number of aromatic nitrogens is 4. The van der Waals surface area contributed by atoms with Crippen molar-refractivity contribution in [2.24, 2.45) is 0 Å². The lowest BCUT2D eigenvalue weighted by Gasteiger charge is -2.05.